The first-order valence-electron chi connectivity index (χ1n) is 7.31. The van der Waals surface area contributed by atoms with Gasteiger partial charge < -0.3 is 14.6 Å². The summed E-state index contributed by atoms with van der Waals surface area (Å²) in [6.07, 6.45) is 0. The highest BCUT2D eigenvalue weighted by molar-refractivity contribution is 5.38. The second-order valence-corrected chi connectivity index (χ2v) is 6.46. The van der Waals surface area contributed by atoms with E-state index in [1.807, 2.05) is 44.3 Å². The Morgan fingerprint density at radius 3 is 2.57 bits per heavy atom. The molecule has 2 rings (SSSR count). The van der Waals surface area contributed by atoms with Gasteiger partial charge in [-0.3, -0.25) is 0 Å². The highest BCUT2D eigenvalue weighted by atomic mass is 16.3. The van der Waals surface area contributed by atoms with Crippen LogP contribution in [0.4, 0.5) is 5.82 Å². The Balaban J connectivity index is 2.02. The molecule has 0 atom stereocenters. The molecule has 0 amide bonds. The standard InChI is InChI=1S/C17H25N3O/c1-13-9-10-15(21-13)12-20(5)16-8-6-7-14(19-16)11-18-17(2,3)4/h6-10,18H,11-12H2,1-5H3. The number of pyridine rings is 1. The molecule has 2 aromatic heterocycles. The normalized spacial score (nSPS) is 11.7. The highest BCUT2D eigenvalue weighted by Crippen LogP contribution is 2.15. The van der Waals surface area contributed by atoms with Gasteiger partial charge in [0.15, 0.2) is 0 Å². The molecule has 0 aliphatic rings. The first kappa shape index (κ1) is 15.6. The van der Waals surface area contributed by atoms with Crippen LogP contribution in [0, 0.1) is 6.92 Å². The topological polar surface area (TPSA) is 41.3 Å². The average Bonchev–Trinajstić information content (AvgIpc) is 2.81. The molecular weight excluding hydrogens is 262 g/mol. The Labute approximate surface area is 127 Å². The van der Waals surface area contributed by atoms with Crippen LogP contribution in [-0.2, 0) is 13.1 Å². The fourth-order valence-electron chi connectivity index (χ4n) is 2.02. The molecule has 0 saturated carbocycles. The molecule has 0 fully saturated rings. The molecule has 0 bridgehead atoms. The van der Waals surface area contributed by atoms with Crippen molar-refractivity contribution in [1.29, 1.82) is 0 Å². The third-order valence-electron chi connectivity index (χ3n) is 3.17. The third kappa shape index (κ3) is 4.90. The maximum Gasteiger partial charge on any atom is 0.129 e. The number of nitrogens with zero attached hydrogens (tertiary/aromatic N) is 2. The Kier molecular flexibility index (Phi) is 4.68. The van der Waals surface area contributed by atoms with Crippen LogP contribution < -0.4 is 10.2 Å². The minimum Gasteiger partial charge on any atom is -0.464 e. The number of hydrogen-bond acceptors (Lipinski definition) is 4. The molecule has 4 nitrogen and oxygen atoms in total. The summed E-state index contributed by atoms with van der Waals surface area (Å²) in [7, 11) is 2.03. The predicted molar refractivity (Wildman–Crippen MR) is 86.4 cm³/mol. The Bertz CT molecular complexity index is 584. The zero-order valence-corrected chi connectivity index (χ0v) is 13.6. The summed E-state index contributed by atoms with van der Waals surface area (Å²) in [5, 5.41) is 3.46. The number of furan rings is 1. The maximum absolute atomic E-state index is 5.62. The van der Waals surface area contributed by atoms with E-state index in [2.05, 4.69) is 31.0 Å². The molecule has 2 aromatic rings. The SMILES string of the molecule is Cc1ccc(CN(C)c2cccc(CNC(C)(C)C)n2)o1. The Morgan fingerprint density at radius 2 is 1.95 bits per heavy atom. The van der Waals surface area contributed by atoms with Crippen molar-refractivity contribution in [2.24, 2.45) is 0 Å². The number of rotatable bonds is 5. The van der Waals surface area contributed by atoms with Crippen molar-refractivity contribution in [2.75, 3.05) is 11.9 Å². The van der Waals surface area contributed by atoms with Crippen LogP contribution in [0.15, 0.2) is 34.7 Å². The number of nitrogens with one attached hydrogen (secondary N) is 1. The zero-order valence-electron chi connectivity index (χ0n) is 13.6. The smallest absolute Gasteiger partial charge is 0.129 e. The van der Waals surface area contributed by atoms with E-state index in [4.69, 9.17) is 9.40 Å². The molecular formula is C17H25N3O. The zero-order chi connectivity index (χ0) is 15.5. The predicted octanol–water partition coefficient (Wildman–Crippen LogP) is 3.51. The van der Waals surface area contributed by atoms with Crippen LogP contribution in [0.3, 0.4) is 0 Å². The number of anilines is 1. The monoisotopic (exact) mass is 287 g/mol. The molecule has 4 heteroatoms. The van der Waals surface area contributed by atoms with Gasteiger partial charge in [-0.2, -0.15) is 0 Å². The van der Waals surface area contributed by atoms with E-state index >= 15 is 0 Å². The summed E-state index contributed by atoms with van der Waals surface area (Å²) in [6.45, 7) is 9.91. The molecule has 114 valence electrons. The Hall–Kier alpha value is -1.81. The summed E-state index contributed by atoms with van der Waals surface area (Å²) in [6, 6.07) is 10.1. The molecule has 2 heterocycles. The molecule has 0 radical (unpaired) electrons. The van der Waals surface area contributed by atoms with Crippen molar-refractivity contribution in [3.8, 4) is 0 Å². The van der Waals surface area contributed by atoms with E-state index in [1.165, 1.54) is 0 Å². The van der Waals surface area contributed by atoms with Gasteiger partial charge in [-0.1, -0.05) is 6.07 Å². The van der Waals surface area contributed by atoms with Gasteiger partial charge in [0.05, 0.1) is 12.2 Å². The van der Waals surface area contributed by atoms with Crippen LogP contribution in [0.2, 0.25) is 0 Å². The summed E-state index contributed by atoms with van der Waals surface area (Å²) in [4.78, 5) is 6.80. The van der Waals surface area contributed by atoms with Gasteiger partial charge in [-0.25, -0.2) is 4.98 Å². The van der Waals surface area contributed by atoms with Crippen LogP contribution in [0.5, 0.6) is 0 Å². The average molecular weight is 287 g/mol. The molecule has 0 aliphatic carbocycles. The van der Waals surface area contributed by atoms with Gasteiger partial charge in [0.1, 0.15) is 17.3 Å². The van der Waals surface area contributed by atoms with Gasteiger partial charge >= 0.3 is 0 Å². The first-order valence-corrected chi connectivity index (χ1v) is 7.31. The lowest BCUT2D eigenvalue weighted by Gasteiger charge is -2.21. The first-order chi connectivity index (χ1) is 9.83. The lowest BCUT2D eigenvalue weighted by Crippen LogP contribution is -2.35. The molecule has 0 aromatic carbocycles. The molecule has 0 aliphatic heterocycles. The molecule has 0 unspecified atom stereocenters. The molecule has 0 saturated heterocycles. The fourth-order valence-corrected chi connectivity index (χ4v) is 2.02. The van der Waals surface area contributed by atoms with E-state index in [9.17, 15) is 0 Å². The molecule has 0 spiro atoms. The second kappa shape index (κ2) is 6.31. The van der Waals surface area contributed by atoms with Crippen LogP contribution in [0.25, 0.3) is 0 Å². The van der Waals surface area contributed by atoms with E-state index in [0.717, 1.165) is 36.1 Å². The van der Waals surface area contributed by atoms with Crippen molar-refractivity contribution in [2.45, 2.75) is 46.3 Å². The summed E-state index contributed by atoms with van der Waals surface area (Å²) in [5.74, 6) is 2.85. The quantitative estimate of drug-likeness (QED) is 0.913. The molecule has 1 N–H and O–H groups in total. The van der Waals surface area contributed by atoms with Gasteiger partial charge in [-0.05, 0) is 52.0 Å². The van der Waals surface area contributed by atoms with Crippen molar-refractivity contribution < 1.29 is 4.42 Å². The summed E-state index contributed by atoms with van der Waals surface area (Å²) in [5.41, 5.74) is 1.14. The van der Waals surface area contributed by atoms with Crippen LogP contribution >= 0.6 is 0 Å². The van der Waals surface area contributed by atoms with E-state index in [-0.39, 0.29) is 5.54 Å². The van der Waals surface area contributed by atoms with Crippen LogP contribution in [0.1, 0.15) is 38.0 Å². The number of hydrogen-bond donors (Lipinski definition) is 1. The lowest BCUT2D eigenvalue weighted by atomic mass is 10.1. The van der Waals surface area contributed by atoms with Gasteiger partial charge in [0, 0.05) is 19.1 Å². The third-order valence-corrected chi connectivity index (χ3v) is 3.17. The summed E-state index contributed by atoms with van der Waals surface area (Å²) < 4.78 is 5.62. The van der Waals surface area contributed by atoms with Crippen molar-refractivity contribution in [1.82, 2.24) is 10.3 Å². The Morgan fingerprint density at radius 1 is 1.19 bits per heavy atom. The minimum atomic E-state index is 0.0925. The lowest BCUT2D eigenvalue weighted by molar-refractivity contribution is 0.421. The van der Waals surface area contributed by atoms with Gasteiger partial charge in [-0.15, -0.1) is 0 Å². The number of aryl methyl sites for hydroxylation is 1. The van der Waals surface area contributed by atoms with Gasteiger partial charge in [0.25, 0.3) is 0 Å². The van der Waals surface area contributed by atoms with Crippen molar-refractivity contribution >= 4 is 5.82 Å². The van der Waals surface area contributed by atoms with Gasteiger partial charge in [0.2, 0.25) is 0 Å². The second-order valence-electron chi connectivity index (χ2n) is 6.46. The van der Waals surface area contributed by atoms with E-state index < -0.39 is 0 Å². The fraction of sp³-hybridized carbons (Fsp3) is 0.471. The van der Waals surface area contributed by atoms with E-state index in [1.54, 1.807) is 0 Å². The van der Waals surface area contributed by atoms with Crippen LogP contribution in [-0.4, -0.2) is 17.6 Å². The van der Waals surface area contributed by atoms with E-state index in [0.29, 0.717) is 0 Å². The summed E-state index contributed by atoms with van der Waals surface area (Å²) >= 11 is 0. The number of aromatic nitrogens is 1. The highest BCUT2D eigenvalue weighted by Gasteiger charge is 2.10. The maximum atomic E-state index is 5.62. The largest absolute Gasteiger partial charge is 0.464 e. The van der Waals surface area contributed by atoms with Crippen molar-refractivity contribution in [3.05, 3.63) is 47.5 Å². The van der Waals surface area contributed by atoms with Crippen molar-refractivity contribution in [3.63, 3.8) is 0 Å². The minimum absolute atomic E-state index is 0.0925. The molecule has 21 heavy (non-hydrogen) atoms.